The Morgan fingerprint density at radius 2 is 2.00 bits per heavy atom. The van der Waals surface area contributed by atoms with Gasteiger partial charge in [0, 0.05) is 12.6 Å². The first kappa shape index (κ1) is 14.5. The van der Waals surface area contributed by atoms with Gasteiger partial charge >= 0.3 is 0 Å². The van der Waals surface area contributed by atoms with Crippen molar-refractivity contribution in [3.05, 3.63) is 0 Å². The molecule has 5 atom stereocenters. The van der Waals surface area contributed by atoms with Crippen LogP contribution in [0, 0.1) is 17.8 Å². The molecule has 0 radical (unpaired) electrons. The molecule has 1 aliphatic heterocycles. The minimum Gasteiger partial charge on any atom is -0.338 e. The first-order valence-electron chi connectivity index (χ1n) is 6.94. The molecule has 0 spiro atoms. The predicted octanol–water partition coefficient (Wildman–Crippen LogP) is 2.25. The lowest BCUT2D eigenvalue weighted by Crippen LogP contribution is -2.55. The zero-order chi connectivity index (χ0) is 13.2. The number of rotatable bonds is 3. The fraction of sp³-hybridized carbons (Fsp3) is 0.929. The molecule has 0 aliphatic carbocycles. The zero-order valence-electron chi connectivity index (χ0n) is 11.9. The van der Waals surface area contributed by atoms with Crippen LogP contribution < -0.4 is 5.73 Å². The quantitative estimate of drug-likeness (QED) is 0.822. The van der Waals surface area contributed by atoms with E-state index in [9.17, 15) is 4.79 Å². The predicted molar refractivity (Wildman–Crippen MR) is 71.6 cm³/mol. The van der Waals surface area contributed by atoms with Crippen LogP contribution in [-0.2, 0) is 4.79 Å². The van der Waals surface area contributed by atoms with Gasteiger partial charge in [-0.15, -0.1) is 0 Å². The largest absolute Gasteiger partial charge is 0.338 e. The van der Waals surface area contributed by atoms with Crippen molar-refractivity contribution >= 4 is 5.91 Å². The van der Waals surface area contributed by atoms with Crippen LogP contribution in [-0.4, -0.2) is 29.4 Å². The second-order valence-corrected chi connectivity index (χ2v) is 5.96. The van der Waals surface area contributed by atoms with E-state index in [1.165, 1.54) is 6.42 Å². The van der Waals surface area contributed by atoms with Crippen molar-refractivity contribution in [2.75, 3.05) is 6.54 Å². The van der Waals surface area contributed by atoms with Gasteiger partial charge in [0.2, 0.25) is 5.91 Å². The molecule has 1 amide bonds. The fourth-order valence-corrected chi connectivity index (χ4v) is 2.69. The van der Waals surface area contributed by atoms with Gasteiger partial charge < -0.3 is 10.6 Å². The lowest BCUT2D eigenvalue weighted by Gasteiger charge is -2.42. The Hall–Kier alpha value is -0.570. The van der Waals surface area contributed by atoms with Crippen molar-refractivity contribution < 1.29 is 4.79 Å². The molecular weight excluding hydrogens is 212 g/mol. The van der Waals surface area contributed by atoms with E-state index >= 15 is 0 Å². The topological polar surface area (TPSA) is 46.3 Å². The van der Waals surface area contributed by atoms with Crippen LogP contribution >= 0.6 is 0 Å². The lowest BCUT2D eigenvalue weighted by atomic mass is 9.85. The van der Waals surface area contributed by atoms with Crippen LogP contribution in [0.15, 0.2) is 0 Å². The number of carbonyl (C=O) groups is 1. The summed E-state index contributed by atoms with van der Waals surface area (Å²) in [6.45, 7) is 11.6. The van der Waals surface area contributed by atoms with Crippen molar-refractivity contribution in [2.45, 2.75) is 59.5 Å². The SMILES string of the molecule is CCC(C)[C@H](N)C(=O)N1CC(C)CC(C)C1C. The molecule has 0 aromatic rings. The van der Waals surface area contributed by atoms with Gasteiger partial charge in [-0.25, -0.2) is 0 Å². The summed E-state index contributed by atoms with van der Waals surface area (Å²) in [5, 5.41) is 0. The summed E-state index contributed by atoms with van der Waals surface area (Å²) in [5.41, 5.74) is 6.06. The number of hydrogen-bond donors (Lipinski definition) is 1. The molecule has 4 unspecified atom stereocenters. The van der Waals surface area contributed by atoms with E-state index < -0.39 is 0 Å². The van der Waals surface area contributed by atoms with E-state index in [1.54, 1.807) is 0 Å². The molecule has 1 fully saturated rings. The summed E-state index contributed by atoms with van der Waals surface area (Å²) in [6.07, 6.45) is 2.17. The van der Waals surface area contributed by atoms with Crippen LogP contribution in [0.25, 0.3) is 0 Å². The summed E-state index contributed by atoms with van der Waals surface area (Å²) in [7, 11) is 0. The number of hydrogen-bond acceptors (Lipinski definition) is 2. The molecule has 0 aromatic heterocycles. The smallest absolute Gasteiger partial charge is 0.240 e. The lowest BCUT2D eigenvalue weighted by molar-refractivity contribution is -0.139. The minimum absolute atomic E-state index is 0.144. The highest BCUT2D eigenvalue weighted by molar-refractivity contribution is 5.82. The maximum atomic E-state index is 12.4. The molecule has 3 heteroatoms. The summed E-state index contributed by atoms with van der Waals surface area (Å²) in [4.78, 5) is 14.4. The van der Waals surface area contributed by atoms with Crippen LogP contribution in [0.1, 0.15) is 47.5 Å². The van der Waals surface area contributed by atoms with Gasteiger partial charge in [-0.05, 0) is 31.1 Å². The van der Waals surface area contributed by atoms with Crippen LogP contribution in [0.2, 0.25) is 0 Å². The van der Waals surface area contributed by atoms with Gasteiger partial charge in [-0.2, -0.15) is 0 Å². The Kier molecular flexibility index (Phi) is 4.99. The van der Waals surface area contributed by atoms with Crippen molar-refractivity contribution in [2.24, 2.45) is 23.5 Å². The molecule has 1 rings (SSSR count). The Morgan fingerprint density at radius 3 is 2.53 bits per heavy atom. The zero-order valence-corrected chi connectivity index (χ0v) is 11.9. The van der Waals surface area contributed by atoms with E-state index in [-0.39, 0.29) is 17.9 Å². The summed E-state index contributed by atoms with van der Waals surface area (Å²) >= 11 is 0. The van der Waals surface area contributed by atoms with E-state index in [2.05, 4.69) is 34.6 Å². The highest BCUT2D eigenvalue weighted by Crippen LogP contribution is 2.27. The highest BCUT2D eigenvalue weighted by atomic mass is 16.2. The van der Waals surface area contributed by atoms with Gasteiger partial charge in [0.15, 0.2) is 0 Å². The first-order valence-corrected chi connectivity index (χ1v) is 6.94. The van der Waals surface area contributed by atoms with Crippen molar-refractivity contribution in [3.63, 3.8) is 0 Å². The van der Waals surface area contributed by atoms with Gasteiger partial charge in [-0.3, -0.25) is 4.79 Å². The molecule has 1 aliphatic rings. The summed E-state index contributed by atoms with van der Waals surface area (Å²) < 4.78 is 0. The van der Waals surface area contributed by atoms with Crippen LogP contribution in [0.5, 0.6) is 0 Å². The van der Waals surface area contributed by atoms with E-state index in [0.717, 1.165) is 13.0 Å². The van der Waals surface area contributed by atoms with Gasteiger partial charge in [0.25, 0.3) is 0 Å². The second-order valence-electron chi connectivity index (χ2n) is 5.96. The average molecular weight is 240 g/mol. The average Bonchev–Trinajstić information content (AvgIpc) is 2.30. The van der Waals surface area contributed by atoms with Crippen molar-refractivity contribution in [3.8, 4) is 0 Å². The molecule has 17 heavy (non-hydrogen) atoms. The number of nitrogens with two attached hydrogens (primary N) is 1. The monoisotopic (exact) mass is 240 g/mol. The van der Waals surface area contributed by atoms with Gasteiger partial charge in [-0.1, -0.05) is 34.1 Å². The molecule has 0 bridgehead atoms. The molecule has 1 heterocycles. The van der Waals surface area contributed by atoms with Gasteiger partial charge in [0.05, 0.1) is 6.04 Å². The third-order valence-corrected chi connectivity index (χ3v) is 4.42. The number of piperidine rings is 1. The molecule has 100 valence electrons. The Balaban J connectivity index is 2.73. The minimum atomic E-state index is -0.333. The first-order chi connectivity index (χ1) is 7.88. The molecule has 2 N–H and O–H groups in total. The summed E-state index contributed by atoms with van der Waals surface area (Å²) in [5.74, 6) is 1.58. The third kappa shape index (κ3) is 3.21. The summed E-state index contributed by atoms with van der Waals surface area (Å²) in [6, 6.07) is -0.00578. The Bertz CT molecular complexity index is 267. The molecule has 0 aromatic carbocycles. The van der Waals surface area contributed by atoms with E-state index in [1.807, 2.05) is 4.90 Å². The third-order valence-electron chi connectivity index (χ3n) is 4.42. The van der Waals surface area contributed by atoms with Crippen LogP contribution in [0.4, 0.5) is 0 Å². The number of amides is 1. The Labute approximate surface area is 106 Å². The molecule has 3 nitrogen and oxygen atoms in total. The maximum Gasteiger partial charge on any atom is 0.240 e. The molecular formula is C14H28N2O. The second kappa shape index (κ2) is 5.85. The van der Waals surface area contributed by atoms with Crippen molar-refractivity contribution in [1.82, 2.24) is 4.90 Å². The van der Waals surface area contributed by atoms with Crippen LogP contribution in [0.3, 0.4) is 0 Å². The normalized spacial score (nSPS) is 33.3. The molecule has 1 saturated heterocycles. The van der Waals surface area contributed by atoms with Crippen molar-refractivity contribution in [1.29, 1.82) is 0 Å². The number of nitrogens with zero attached hydrogens (tertiary/aromatic N) is 1. The maximum absolute atomic E-state index is 12.4. The standard InChI is InChI=1S/C14H28N2O/c1-6-10(3)13(15)14(17)16-8-9(2)7-11(4)12(16)5/h9-13H,6-8,15H2,1-5H3/t9?,10?,11?,12?,13-/m0/s1. The molecule has 0 saturated carbocycles. The van der Waals surface area contributed by atoms with E-state index in [0.29, 0.717) is 17.9 Å². The van der Waals surface area contributed by atoms with E-state index in [4.69, 9.17) is 5.73 Å². The van der Waals surface area contributed by atoms with Gasteiger partial charge in [0.1, 0.15) is 0 Å². The highest BCUT2D eigenvalue weighted by Gasteiger charge is 2.35. The number of likely N-dealkylation sites (tertiary alicyclic amines) is 1. The Morgan fingerprint density at radius 1 is 1.41 bits per heavy atom. The number of carbonyl (C=O) groups excluding carboxylic acids is 1. The fourth-order valence-electron chi connectivity index (χ4n) is 2.69.